The number of phenols is 1. The van der Waals surface area contributed by atoms with E-state index in [4.69, 9.17) is 9.05 Å². The monoisotopic (exact) mass is 416 g/mol. The molecule has 0 fully saturated rings. The summed E-state index contributed by atoms with van der Waals surface area (Å²) in [5, 5.41) is 7.93. The maximum absolute atomic E-state index is 15.6. The van der Waals surface area contributed by atoms with Crippen LogP contribution in [0.3, 0.4) is 0 Å². The number of carbonyl (C=O) groups is 1. The van der Waals surface area contributed by atoms with Crippen LogP contribution in [0.2, 0.25) is 0 Å². The number of phenolic OH excluding ortho intramolecular Hbond substituents is 1. The smallest absolute Gasteiger partial charge is 0.375 e. The molecule has 0 spiro atoms. The number of Topliss-reactive ketones (excluding diaryl/α,β-unsaturated/α-hetero) is 1. The molecule has 0 bridgehead atoms. The highest BCUT2D eigenvalue weighted by molar-refractivity contribution is 7.56. The van der Waals surface area contributed by atoms with E-state index in [-0.39, 0.29) is 24.5 Å². The summed E-state index contributed by atoms with van der Waals surface area (Å²) in [6, 6.07) is 2.93. The highest BCUT2D eigenvalue weighted by Crippen LogP contribution is 2.62. The SMILES string of the molecule is CCOP(=O)(OCC)C(C)(F)C(=O)c1cc(C(C)(C)C)c(O)c(C(C)(C)C)c1. The van der Waals surface area contributed by atoms with Crippen LogP contribution in [0.4, 0.5) is 4.39 Å². The molecule has 7 heteroatoms. The fraction of sp³-hybridized carbons (Fsp3) is 0.667. The quantitative estimate of drug-likeness (QED) is 0.428. The third-order valence-electron chi connectivity index (χ3n) is 4.51. The normalized spacial score (nSPS) is 15.4. The summed E-state index contributed by atoms with van der Waals surface area (Å²) in [6.07, 6.45) is 0. The third-order valence-corrected chi connectivity index (χ3v) is 6.94. The van der Waals surface area contributed by atoms with E-state index in [2.05, 4.69) is 0 Å². The number of ketones is 1. The maximum atomic E-state index is 15.6. The molecule has 0 aliphatic carbocycles. The molecule has 1 aromatic carbocycles. The molecule has 1 rings (SSSR count). The first kappa shape index (κ1) is 24.8. The predicted molar refractivity (Wildman–Crippen MR) is 110 cm³/mol. The van der Waals surface area contributed by atoms with E-state index in [1.807, 2.05) is 41.5 Å². The lowest BCUT2D eigenvalue weighted by Crippen LogP contribution is -2.33. The molecule has 0 heterocycles. The van der Waals surface area contributed by atoms with Crippen LogP contribution >= 0.6 is 7.60 Å². The van der Waals surface area contributed by atoms with Crippen LogP contribution in [-0.4, -0.2) is 29.5 Å². The van der Waals surface area contributed by atoms with Crippen molar-refractivity contribution < 1.29 is 27.9 Å². The summed E-state index contributed by atoms with van der Waals surface area (Å²) in [6.45, 7) is 15.3. The van der Waals surface area contributed by atoms with Gasteiger partial charge in [0, 0.05) is 16.7 Å². The summed E-state index contributed by atoms with van der Waals surface area (Å²) in [5.41, 5.74) is 0.0773. The number of halogens is 1. The summed E-state index contributed by atoms with van der Waals surface area (Å²) < 4.78 is 38.8. The van der Waals surface area contributed by atoms with Gasteiger partial charge in [0.1, 0.15) is 5.75 Å². The van der Waals surface area contributed by atoms with E-state index < -0.39 is 29.6 Å². The van der Waals surface area contributed by atoms with Gasteiger partial charge >= 0.3 is 7.60 Å². The molecule has 160 valence electrons. The first-order chi connectivity index (χ1) is 12.5. The van der Waals surface area contributed by atoms with Crippen molar-refractivity contribution in [2.24, 2.45) is 0 Å². The van der Waals surface area contributed by atoms with Crippen LogP contribution in [0.5, 0.6) is 5.75 Å². The van der Waals surface area contributed by atoms with Crippen LogP contribution in [0.1, 0.15) is 83.8 Å². The van der Waals surface area contributed by atoms with Crippen molar-refractivity contribution >= 4 is 13.4 Å². The van der Waals surface area contributed by atoms with E-state index in [0.29, 0.717) is 11.1 Å². The molecule has 0 amide bonds. The van der Waals surface area contributed by atoms with E-state index in [9.17, 15) is 14.5 Å². The van der Waals surface area contributed by atoms with Crippen molar-refractivity contribution in [3.63, 3.8) is 0 Å². The largest absolute Gasteiger partial charge is 0.507 e. The highest BCUT2D eigenvalue weighted by atomic mass is 31.2. The Hall–Kier alpha value is -1.23. The molecular weight excluding hydrogens is 382 g/mol. The molecule has 5 nitrogen and oxygen atoms in total. The van der Waals surface area contributed by atoms with Gasteiger partial charge in [-0.25, -0.2) is 4.39 Å². The van der Waals surface area contributed by atoms with Crippen molar-refractivity contribution in [2.75, 3.05) is 13.2 Å². The topological polar surface area (TPSA) is 72.8 Å². The first-order valence-corrected chi connectivity index (χ1v) is 11.1. The number of hydrogen-bond donors (Lipinski definition) is 1. The zero-order chi connectivity index (χ0) is 22.1. The van der Waals surface area contributed by atoms with Gasteiger partial charge in [0.25, 0.3) is 5.41 Å². The van der Waals surface area contributed by atoms with Crippen LogP contribution in [-0.2, 0) is 24.4 Å². The van der Waals surface area contributed by atoms with Gasteiger partial charge in [-0.05, 0) is 43.7 Å². The molecule has 1 aromatic rings. The zero-order valence-electron chi connectivity index (χ0n) is 18.5. The fourth-order valence-electron chi connectivity index (χ4n) is 2.92. The van der Waals surface area contributed by atoms with Gasteiger partial charge in [-0.1, -0.05) is 41.5 Å². The lowest BCUT2D eigenvalue weighted by atomic mass is 9.78. The molecule has 0 aliphatic rings. The second-order valence-corrected chi connectivity index (χ2v) is 11.4. The van der Waals surface area contributed by atoms with Crippen LogP contribution in [0.15, 0.2) is 12.1 Å². The highest BCUT2D eigenvalue weighted by Gasteiger charge is 2.54. The molecule has 0 saturated carbocycles. The number of benzene rings is 1. The average molecular weight is 416 g/mol. The second kappa shape index (κ2) is 8.25. The minimum atomic E-state index is -4.35. The van der Waals surface area contributed by atoms with Crippen LogP contribution in [0.25, 0.3) is 0 Å². The number of rotatable bonds is 7. The Kier molecular flexibility index (Phi) is 7.31. The Bertz CT molecular complexity index is 727. The predicted octanol–water partition coefficient (Wildman–Crippen LogP) is 6.12. The zero-order valence-corrected chi connectivity index (χ0v) is 19.4. The Balaban J connectivity index is 3.70. The fourth-order valence-corrected chi connectivity index (χ4v) is 4.53. The molecule has 0 radical (unpaired) electrons. The van der Waals surface area contributed by atoms with Crippen molar-refractivity contribution in [1.82, 2.24) is 0 Å². The van der Waals surface area contributed by atoms with Gasteiger partial charge in [-0.15, -0.1) is 0 Å². The van der Waals surface area contributed by atoms with Crippen molar-refractivity contribution in [2.45, 2.75) is 78.6 Å². The van der Waals surface area contributed by atoms with Crippen LogP contribution in [0, 0.1) is 0 Å². The van der Waals surface area contributed by atoms with Crippen molar-refractivity contribution in [1.29, 1.82) is 0 Å². The molecule has 1 N–H and O–H groups in total. The second-order valence-electron chi connectivity index (χ2n) is 9.04. The number of alkyl halides is 1. The maximum Gasteiger partial charge on any atom is 0.375 e. The molecular formula is C21H34FO5P. The van der Waals surface area contributed by atoms with Gasteiger partial charge < -0.3 is 14.2 Å². The molecule has 28 heavy (non-hydrogen) atoms. The van der Waals surface area contributed by atoms with Crippen molar-refractivity contribution in [3.8, 4) is 5.75 Å². The van der Waals surface area contributed by atoms with Crippen molar-refractivity contribution in [3.05, 3.63) is 28.8 Å². The van der Waals surface area contributed by atoms with Gasteiger partial charge in [-0.2, -0.15) is 0 Å². The number of carbonyl (C=O) groups excluding carboxylic acids is 1. The Morgan fingerprint density at radius 2 is 1.32 bits per heavy atom. The van der Waals surface area contributed by atoms with E-state index in [1.165, 1.54) is 12.1 Å². The van der Waals surface area contributed by atoms with E-state index >= 15 is 4.39 Å². The van der Waals surface area contributed by atoms with E-state index in [0.717, 1.165) is 6.92 Å². The molecule has 0 saturated heterocycles. The lowest BCUT2D eigenvalue weighted by Gasteiger charge is -2.31. The van der Waals surface area contributed by atoms with E-state index in [1.54, 1.807) is 13.8 Å². The van der Waals surface area contributed by atoms with Gasteiger partial charge in [0.05, 0.1) is 13.2 Å². The Labute approximate surface area is 168 Å². The minimum Gasteiger partial charge on any atom is -0.507 e. The average Bonchev–Trinajstić information content (AvgIpc) is 2.52. The minimum absolute atomic E-state index is 0.0253. The molecule has 1 atom stereocenters. The molecule has 0 aliphatic heterocycles. The summed E-state index contributed by atoms with van der Waals surface area (Å²) in [7, 11) is -4.35. The van der Waals surface area contributed by atoms with Gasteiger partial charge in [0.15, 0.2) is 0 Å². The summed E-state index contributed by atoms with van der Waals surface area (Å²) in [5.74, 6) is -0.913. The molecule has 1 unspecified atom stereocenters. The summed E-state index contributed by atoms with van der Waals surface area (Å²) >= 11 is 0. The Morgan fingerprint density at radius 3 is 1.61 bits per heavy atom. The van der Waals surface area contributed by atoms with Gasteiger partial charge in [0.2, 0.25) is 5.78 Å². The standard InChI is InChI=1S/C21H34FO5P/c1-10-26-28(25,27-11-2)21(9,22)18(24)14-12-15(19(3,4)5)17(23)16(13-14)20(6,7)8/h12-13,23H,10-11H2,1-9H3. The summed E-state index contributed by atoms with van der Waals surface area (Å²) in [4.78, 5) is 13.1. The number of aromatic hydroxyl groups is 1. The van der Waals surface area contributed by atoms with Gasteiger partial charge in [-0.3, -0.25) is 9.36 Å². The Morgan fingerprint density at radius 1 is 0.964 bits per heavy atom. The molecule has 0 aromatic heterocycles. The lowest BCUT2D eigenvalue weighted by molar-refractivity contribution is 0.0770. The first-order valence-electron chi connectivity index (χ1n) is 9.53. The van der Waals surface area contributed by atoms with Crippen LogP contribution < -0.4 is 0 Å². The third kappa shape index (κ3) is 4.84. The number of hydrogen-bond acceptors (Lipinski definition) is 5.